The van der Waals surface area contributed by atoms with Gasteiger partial charge in [0.25, 0.3) is 0 Å². The molecule has 0 aliphatic rings. The van der Waals surface area contributed by atoms with Crippen molar-refractivity contribution in [3.05, 3.63) is 0 Å². The minimum atomic E-state index is -0.807. The zero-order valence-electron chi connectivity index (χ0n) is 7.17. The van der Waals surface area contributed by atoms with Crippen LogP contribution in [0.2, 0.25) is 0 Å². The van der Waals surface area contributed by atoms with E-state index in [1.165, 1.54) is 0 Å². The highest BCUT2D eigenvalue weighted by atomic mass is 16.5. The fourth-order valence-corrected chi connectivity index (χ4v) is 0.304. The molecule has 0 aromatic heterocycles. The Morgan fingerprint density at radius 3 is 2.27 bits per heavy atom. The monoisotopic (exact) mass is 163 g/mol. The number of rotatable bonds is 4. The quantitative estimate of drug-likeness (QED) is 0.591. The van der Waals surface area contributed by atoms with Crippen molar-refractivity contribution in [3.63, 3.8) is 0 Å². The van der Waals surface area contributed by atoms with E-state index in [1.807, 2.05) is 13.8 Å². The first-order valence-corrected chi connectivity index (χ1v) is 3.68. The molecule has 0 amide bonds. The number of aliphatic carboxylic acids is 1. The molecule has 0 saturated heterocycles. The third kappa shape index (κ3) is 26.6. The molecule has 0 spiro atoms. The van der Waals surface area contributed by atoms with Crippen molar-refractivity contribution in [1.29, 1.82) is 0 Å². The number of hydrogen-bond donors (Lipinski definition) is 2. The van der Waals surface area contributed by atoms with E-state index in [2.05, 4.69) is 0 Å². The molecule has 11 heavy (non-hydrogen) atoms. The summed E-state index contributed by atoms with van der Waals surface area (Å²) in [5, 5.41) is 8.06. The van der Waals surface area contributed by atoms with Crippen molar-refractivity contribution in [2.45, 2.75) is 20.3 Å². The number of carboxylic acid groups (broad SMARTS) is 1. The highest BCUT2D eigenvalue weighted by molar-refractivity contribution is 5.66. The number of hydrogen-bond acceptors (Lipinski definition) is 3. The largest absolute Gasteiger partial charge is 0.481 e. The minimum Gasteiger partial charge on any atom is -0.481 e. The van der Waals surface area contributed by atoms with Crippen LogP contribution in [0.1, 0.15) is 20.3 Å². The van der Waals surface area contributed by atoms with Crippen molar-refractivity contribution in [1.82, 2.24) is 0 Å². The van der Waals surface area contributed by atoms with E-state index >= 15 is 0 Å². The molecule has 0 fully saturated rings. The maximum absolute atomic E-state index is 9.79. The van der Waals surface area contributed by atoms with Gasteiger partial charge in [0.1, 0.15) is 0 Å². The molecule has 0 atom stereocenters. The lowest BCUT2D eigenvalue weighted by Crippen LogP contribution is -2.01. The van der Waals surface area contributed by atoms with Gasteiger partial charge in [0, 0.05) is 6.61 Å². The van der Waals surface area contributed by atoms with Gasteiger partial charge in [-0.3, -0.25) is 4.79 Å². The maximum Gasteiger partial charge on any atom is 0.305 e. The summed E-state index contributed by atoms with van der Waals surface area (Å²) < 4.78 is 4.76. The van der Waals surface area contributed by atoms with E-state index in [0.717, 1.165) is 6.54 Å². The fourth-order valence-electron chi connectivity index (χ4n) is 0.304. The smallest absolute Gasteiger partial charge is 0.305 e. The lowest BCUT2D eigenvalue weighted by molar-refractivity contribution is -0.138. The summed E-state index contributed by atoms with van der Waals surface area (Å²) >= 11 is 0. The molecule has 68 valence electrons. The van der Waals surface area contributed by atoms with Gasteiger partial charge in [-0.25, -0.2) is 0 Å². The van der Waals surface area contributed by atoms with Gasteiger partial charge < -0.3 is 15.6 Å². The molecule has 0 bridgehead atoms. The van der Waals surface area contributed by atoms with Crippen LogP contribution in [-0.4, -0.2) is 30.8 Å². The Kier molecular flexibility index (Phi) is 14.3. The topological polar surface area (TPSA) is 72.5 Å². The summed E-state index contributed by atoms with van der Waals surface area (Å²) in [5.74, 6) is -0.807. The number of nitrogens with two attached hydrogens (primary N) is 1. The van der Waals surface area contributed by atoms with Gasteiger partial charge in [-0.2, -0.15) is 0 Å². The molecule has 4 heteroatoms. The third-order valence-electron chi connectivity index (χ3n) is 0.664. The van der Waals surface area contributed by atoms with Crippen LogP contribution in [0.5, 0.6) is 0 Å². The molecule has 3 N–H and O–H groups in total. The molecule has 4 nitrogen and oxygen atoms in total. The molecular weight excluding hydrogens is 146 g/mol. The molecular formula is C7H17NO3. The van der Waals surface area contributed by atoms with Gasteiger partial charge in [-0.1, -0.05) is 6.92 Å². The van der Waals surface area contributed by atoms with Crippen molar-refractivity contribution < 1.29 is 14.6 Å². The van der Waals surface area contributed by atoms with Crippen molar-refractivity contribution >= 4 is 5.97 Å². The van der Waals surface area contributed by atoms with Crippen LogP contribution >= 0.6 is 0 Å². The maximum atomic E-state index is 9.79. The Morgan fingerprint density at radius 2 is 2.00 bits per heavy atom. The highest BCUT2D eigenvalue weighted by Gasteiger charge is 1.92. The second-order valence-corrected chi connectivity index (χ2v) is 1.75. The van der Waals surface area contributed by atoms with E-state index in [1.54, 1.807) is 0 Å². The molecule has 0 heterocycles. The second kappa shape index (κ2) is 12.1. The molecule has 0 aliphatic heterocycles. The number of carbonyl (C=O) groups is 1. The van der Waals surface area contributed by atoms with E-state index in [9.17, 15) is 4.79 Å². The zero-order chi connectivity index (χ0) is 9.11. The van der Waals surface area contributed by atoms with E-state index < -0.39 is 5.97 Å². The highest BCUT2D eigenvalue weighted by Crippen LogP contribution is 1.79. The first-order chi connectivity index (χ1) is 5.18. The second-order valence-electron chi connectivity index (χ2n) is 1.75. The molecule has 0 aliphatic carbocycles. The predicted molar refractivity (Wildman–Crippen MR) is 43.5 cm³/mol. The zero-order valence-corrected chi connectivity index (χ0v) is 7.17. The minimum absolute atomic E-state index is 0.105. The van der Waals surface area contributed by atoms with Crippen LogP contribution in [0.25, 0.3) is 0 Å². The summed E-state index contributed by atoms with van der Waals surface area (Å²) in [6.07, 6.45) is 0.105. The Bertz CT molecular complexity index is 85.8. The summed E-state index contributed by atoms with van der Waals surface area (Å²) in [6, 6.07) is 0. The van der Waals surface area contributed by atoms with Crippen LogP contribution in [0.3, 0.4) is 0 Å². The predicted octanol–water partition coefficient (Wildman–Crippen LogP) is 0.463. The molecule has 0 rings (SSSR count). The molecule has 0 saturated carbocycles. The number of carboxylic acids is 1. The van der Waals surface area contributed by atoms with E-state index in [4.69, 9.17) is 15.6 Å². The standard InChI is InChI=1S/C5H10O3.C2H7N/c1-2-8-4-3-5(6)7;1-2-3/h2-4H2,1H3,(H,6,7);2-3H2,1H3. The average Bonchev–Trinajstić information content (AvgIpc) is 1.89. The van der Waals surface area contributed by atoms with Crippen LogP contribution in [0, 0.1) is 0 Å². The van der Waals surface area contributed by atoms with Crippen molar-refractivity contribution in [3.8, 4) is 0 Å². The summed E-state index contributed by atoms with van der Waals surface area (Å²) in [7, 11) is 0. The lowest BCUT2D eigenvalue weighted by Gasteiger charge is -1.93. The molecule has 0 aromatic carbocycles. The van der Waals surface area contributed by atoms with Gasteiger partial charge in [-0.15, -0.1) is 0 Å². The summed E-state index contributed by atoms with van der Waals surface area (Å²) in [5.41, 5.74) is 4.85. The van der Waals surface area contributed by atoms with Gasteiger partial charge in [0.05, 0.1) is 13.0 Å². The Morgan fingerprint density at radius 1 is 1.55 bits per heavy atom. The van der Waals surface area contributed by atoms with Crippen LogP contribution in [-0.2, 0) is 9.53 Å². The molecule has 0 aromatic rings. The van der Waals surface area contributed by atoms with Gasteiger partial charge in [0.15, 0.2) is 0 Å². The Balaban J connectivity index is 0. The average molecular weight is 163 g/mol. The Labute approximate surface area is 67.3 Å². The molecule has 0 unspecified atom stereocenters. The lowest BCUT2D eigenvalue weighted by atomic mass is 10.5. The first-order valence-electron chi connectivity index (χ1n) is 3.68. The normalized spacial score (nSPS) is 8.27. The third-order valence-corrected chi connectivity index (χ3v) is 0.664. The summed E-state index contributed by atoms with van der Waals surface area (Å²) in [4.78, 5) is 9.79. The van der Waals surface area contributed by atoms with Crippen LogP contribution < -0.4 is 5.73 Å². The first kappa shape index (κ1) is 13.0. The molecule has 0 radical (unpaired) electrons. The van der Waals surface area contributed by atoms with Crippen molar-refractivity contribution in [2.75, 3.05) is 19.8 Å². The van der Waals surface area contributed by atoms with Crippen LogP contribution in [0.15, 0.2) is 0 Å². The van der Waals surface area contributed by atoms with Crippen LogP contribution in [0.4, 0.5) is 0 Å². The van der Waals surface area contributed by atoms with Gasteiger partial charge in [0.2, 0.25) is 0 Å². The van der Waals surface area contributed by atoms with E-state index in [0.29, 0.717) is 13.2 Å². The van der Waals surface area contributed by atoms with Gasteiger partial charge in [-0.05, 0) is 13.5 Å². The van der Waals surface area contributed by atoms with Gasteiger partial charge >= 0.3 is 5.97 Å². The van der Waals surface area contributed by atoms with Crippen molar-refractivity contribution in [2.24, 2.45) is 5.73 Å². The van der Waals surface area contributed by atoms with E-state index in [-0.39, 0.29) is 6.42 Å². The number of ether oxygens (including phenoxy) is 1. The summed E-state index contributed by atoms with van der Waals surface area (Å²) in [6.45, 7) is 5.40. The SMILES string of the molecule is CCN.CCOCCC(=O)O. The Hall–Kier alpha value is -0.610. The fraction of sp³-hybridized carbons (Fsp3) is 0.857.